The van der Waals surface area contributed by atoms with E-state index in [1.165, 1.54) is 7.11 Å². The first-order valence-corrected chi connectivity index (χ1v) is 7.25. The monoisotopic (exact) mass is 291 g/mol. The first-order valence-electron chi connectivity index (χ1n) is 7.25. The number of carbonyl (C=O) groups is 2. The Morgan fingerprint density at radius 1 is 1.33 bits per heavy atom. The molecule has 5 heteroatoms. The van der Waals surface area contributed by atoms with Crippen molar-refractivity contribution < 1.29 is 19.4 Å². The number of benzene rings is 1. The minimum Gasteiger partial charge on any atom is -0.478 e. The van der Waals surface area contributed by atoms with Crippen LogP contribution in [-0.4, -0.2) is 30.2 Å². The molecule has 21 heavy (non-hydrogen) atoms. The molecule has 1 aromatic rings. The summed E-state index contributed by atoms with van der Waals surface area (Å²) in [5, 5.41) is 12.4. The van der Waals surface area contributed by atoms with E-state index in [2.05, 4.69) is 5.32 Å². The maximum atomic E-state index is 11.8. The number of carbonyl (C=O) groups excluding carboxylic acids is 1. The Morgan fingerprint density at radius 2 is 2.10 bits per heavy atom. The predicted molar refractivity (Wildman–Crippen MR) is 78.0 cm³/mol. The van der Waals surface area contributed by atoms with Crippen LogP contribution >= 0.6 is 0 Å². The molecule has 2 atom stereocenters. The molecule has 1 saturated carbocycles. The first-order chi connectivity index (χ1) is 10.1. The number of hydrogen-bond acceptors (Lipinski definition) is 4. The van der Waals surface area contributed by atoms with Gasteiger partial charge in [-0.2, -0.15) is 0 Å². The Labute approximate surface area is 124 Å². The Kier molecular flexibility index (Phi) is 5.33. The molecule has 0 bridgehead atoms. The topological polar surface area (TPSA) is 75.6 Å². The Bertz CT molecular complexity index is 515. The first kappa shape index (κ1) is 15.5. The fraction of sp³-hybridized carbons (Fsp3) is 0.500. The fourth-order valence-corrected chi connectivity index (χ4v) is 2.87. The summed E-state index contributed by atoms with van der Waals surface area (Å²) in [6.45, 7) is 0.555. The zero-order chi connectivity index (χ0) is 15.2. The molecule has 1 aromatic carbocycles. The third-order valence-electron chi connectivity index (χ3n) is 4.01. The van der Waals surface area contributed by atoms with Gasteiger partial charge in [-0.05, 0) is 30.5 Å². The smallest absolute Gasteiger partial charge is 0.335 e. The standard InChI is InChI=1S/C16H21NO4/c1-21-16(20)13-7-2-3-8-14(13)17-10-11-5-4-6-12(9-11)15(18)19/h4-6,9,13-14,17H,2-3,7-8,10H2,1H3,(H,18,19)/t13-,14+/m1/s1. The number of ether oxygens (including phenoxy) is 1. The maximum Gasteiger partial charge on any atom is 0.335 e. The van der Waals surface area contributed by atoms with Gasteiger partial charge in [-0.1, -0.05) is 25.0 Å². The van der Waals surface area contributed by atoms with E-state index < -0.39 is 5.97 Å². The maximum absolute atomic E-state index is 11.8. The Balaban J connectivity index is 1.98. The summed E-state index contributed by atoms with van der Waals surface area (Å²) in [6, 6.07) is 6.95. The number of aromatic carboxylic acids is 1. The lowest BCUT2D eigenvalue weighted by Crippen LogP contribution is -2.42. The molecule has 0 aliphatic heterocycles. The average Bonchev–Trinajstić information content (AvgIpc) is 2.52. The zero-order valence-electron chi connectivity index (χ0n) is 12.2. The Hall–Kier alpha value is -1.88. The number of carboxylic acid groups (broad SMARTS) is 1. The minimum atomic E-state index is -0.929. The molecular weight excluding hydrogens is 270 g/mol. The van der Waals surface area contributed by atoms with Gasteiger partial charge in [0.25, 0.3) is 0 Å². The van der Waals surface area contributed by atoms with Gasteiger partial charge in [0.15, 0.2) is 0 Å². The molecule has 1 fully saturated rings. The van der Waals surface area contributed by atoms with Crippen LogP contribution in [-0.2, 0) is 16.1 Å². The highest BCUT2D eigenvalue weighted by molar-refractivity contribution is 5.87. The third-order valence-corrected chi connectivity index (χ3v) is 4.01. The van der Waals surface area contributed by atoms with Crippen molar-refractivity contribution in [3.8, 4) is 0 Å². The molecular formula is C16H21NO4. The summed E-state index contributed by atoms with van der Waals surface area (Å²) in [4.78, 5) is 22.7. The summed E-state index contributed by atoms with van der Waals surface area (Å²) in [5.74, 6) is -1.19. The van der Waals surface area contributed by atoms with E-state index in [-0.39, 0.29) is 23.5 Å². The van der Waals surface area contributed by atoms with Gasteiger partial charge in [0.05, 0.1) is 18.6 Å². The predicted octanol–water partition coefficient (Wildman–Crippen LogP) is 2.21. The highest BCUT2D eigenvalue weighted by Crippen LogP contribution is 2.25. The van der Waals surface area contributed by atoms with Gasteiger partial charge in [-0.3, -0.25) is 4.79 Å². The average molecular weight is 291 g/mol. The SMILES string of the molecule is COC(=O)[C@@H]1CCCC[C@@H]1NCc1cccc(C(=O)O)c1. The number of nitrogens with one attached hydrogen (secondary N) is 1. The molecule has 1 aliphatic rings. The van der Waals surface area contributed by atoms with Gasteiger partial charge in [-0.25, -0.2) is 4.79 Å². The second-order valence-corrected chi connectivity index (χ2v) is 5.41. The summed E-state index contributed by atoms with van der Waals surface area (Å²) in [7, 11) is 1.42. The second-order valence-electron chi connectivity index (χ2n) is 5.41. The molecule has 0 saturated heterocycles. The molecule has 0 unspecified atom stereocenters. The number of methoxy groups -OCH3 is 1. The molecule has 5 nitrogen and oxygen atoms in total. The lowest BCUT2D eigenvalue weighted by molar-refractivity contribution is -0.147. The van der Waals surface area contributed by atoms with Gasteiger partial charge in [0.1, 0.15) is 0 Å². The molecule has 2 N–H and O–H groups in total. The third kappa shape index (κ3) is 4.04. The van der Waals surface area contributed by atoms with Crippen LogP contribution in [0.4, 0.5) is 0 Å². The summed E-state index contributed by atoms with van der Waals surface area (Å²) < 4.78 is 4.87. The van der Waals surface area contributed by atoms with Crippen LogP contribution < -0.4 is 5.32 Å². The molecule has 0 aromatic heterocycles. The summed E-state index contributed by atoms with van der Waals surface area (Å²) >= 11 is 0. The van der Waals surface area contributed by atoms with E-state index in [1.807, 2.05) is 6.07 Å². The number of hydrogen-bond donors (Lipinski definition) is 2. The van der Waals surface area contributed by atoms with E-state index >= 15 is 0 Å². The van der Waals surface area contributed by atoms with Crippen LogP contribution in [0.3, 0.4) is 0 Å². The van der Waals surface area contributed by atoms with Crippen LogP contribution in [0.25, 0.3) is 0 Å². The van der Waals surface area contributed by atoms with Gasteiger partial charge < -0.3 is 15.2 Å². The molecule has 114 valence electrons. The van der Waals surface area contributed by atoms with E-state index in [0.717, 1.165) is 31.2 Å². The number of carboxylic acids is 1. The van der Waals surface area contributed by atoms with E-state index in [1.54, 1.807) is 18.2 Å². The van der Waals surface area contributed by atoms with Crippen molar-refractivity contribution in [2.45, 2.75) is 38.3 Å². The number of rotatable bonds is 5. The van der Waals surface area contributed by atoms with Crippen molar-refractivity contribution in [2.75, 3.05) is 7.11 Å². The molecule has 0 spiro atoms. The van der Waals surface area contributed by atoms with Crippen molar-refractivity contribution in [3.05, 3.63) is 35.4 Å². The normalized spacial score (nSPS) is 21.8. The van der Waals surface area contributed by atoms with Crippen LogP contribution in [0.2, 0.25) is 0 Å². The lowest BCUT2D eigenvalue weighted by Gasteiger charge is -2.30. The largest absolute Gasteiger partial charge is 0.478 e. The van der Waals surface area contributed by atoms with E-state index in [9.17, 15) is 9.59 Å². The highest BCUT2D eigenvalue weighted by Gasteiger charge is 2.31. The second kappa shape index (κ2) is 7.22. The molecule has 0 amide bonds. The summed E-state index contributed by atoms with van der Waals surface area (Å²) in [6.07, 6.45) is 3.94. The quantitative estimate of drug-likeness (QED) is 0.813. The van der Waals surface area contributed by atoms with E-state index in [0.29, 0.717) is 6.54 Å². The molecule has 0 heterocycles. The van der Waals surface area contributed by atoms with Crippen LogP contribution in [0.1, 0.15) is 41.6 Å². The van der Waals surface area contributed by atoms with Gasteiger partial charge >= 0.3 is 11.9 Å². The minimum absolute atomic E-state index is 0.0969. The van der Waals surface area contributed by atoms with Gasteiger partial charge in [0.2, 0.25) is 0 Å². The molecule has 1 aliphatic carbocycles. The Morgan fingerprint density at radius 3 is 2.81 bits per heavy atom. The van der Waals surface area contributed by atoms with Gasteiger partial charge in [0, 0.05) is 12.6 Å². The lowest BCUT2D eigenvalue weighted by atomic mass is 9.84. The zero-order valence-corrected chi connectivity index (χ0v) is 12.2. The number of esters is 1. The van der Waals surface area contributed by atoms with Crippen LogP contribution in [0, 0.1) is 5.92 Å². The van der Waals surface area contributed by atoms with Crippen molar-refractivity contribution in [1.82, 2.24) is 5.32 Å². The van der Waals surface area contributed by atoms with Crippen LogP contribution in [0.15, 0.2) is 24.3 Å². The van der Waals surface area contributed by atoms with E-state index in [4.69, 9.17) is 9.84 Å². The fourth-order valence-electron chi connectivity index (χ4n) is 2.87. The van der Waals surface area contributed by atoms with Crippen LogP contribution in [0.5, 0.6) is 0 Å². The molecule has 2 rings (SSSR count). The summed E-state index contributed by atoms with van der Waals surface area (Å²) in [5.41, 5.74) is 1.19. The van der Waals surface area contributed by atoms with Crippen molar-refractivity contribution in [1.29, 1.82) is 0 Å². The molecule has 0 radical (unpaired) electrons. The highest BCUT2D eigenvalue weighted by atomic mass is 16.5. The van der Waals surface area contributed by atoms with Crippen molar-refractivity contribution in [2.24, 2.45) is 5.92 Å². The van der Waals surface area contributed by atoms with Crippen molar-refractivity contribution >= 4 is 11.9 Å². The van der Waals surface area contributed by atoms with Gasteiger partial charge in [-0.15, -0.1) is 0 Å². The van der Waals surface area contributed by atoms with Crippen molar-refractivity contribution in [3.63, 3.8) is 0 Å².